The third-order valence-corrected chi connectivity index (χ3v) is 4.08. The molecule has 1 heterocycles. The first-order valence-corrected chi connectivity index (χ1v) is 6.31. The van der Waals surface area contributed by atoms with E-state index >= 15 is 0 Å². The van der Waals surface area contributed by atoms with Gasteiger partial charge in [-0.1, -0.05) is 0 Å². The van der Waals surface area contributed by atoms with Gasteiger partial charge in [-0.2, -0.15) is 0 Å². The SMILES string of the molecule is Cc1sc(CNCCN(C)C)cc1Br. The van der Waals surface area contributed by atoms with Gasteiger partial charge in [0, 0.05) is 33.9 Å². The summed E-state index contributed by atoms with van der Waals surface area (Å²) < 4.78 is 1.23. The van der Waals surface area contributed by atoms with E-state index in [1.54, 1.807) is 0 Å². The van der Waals surface area contributed by atoms with E-state index in [1.807, 2.05) is 11.3 Å². The standard InChI is InChI=1S/C10H17BrN2S/c1-8-10(11)6-9(14-8)7-12-4-5-13(2)3/h6,12H,4-5,7H2,1-3H3. The lowest BCUT2D eigenvalue weighted by Gasteiger charge is -2.09. The fraction of sp³-hybridized carbons (Fsp3) is 0.600. The van der Waals surface area contributed by atoms with E-state index in [9.17, 15) is 0 Å². The number of aryl methyl sites for hydroxylation is 1. The Labute approximate surface area is 98.4 Å². The van der Waals surface area contributed by atoms with E-state index in [0.717, 1.165) is 19.6 Å². The Morgan fingerprint density at radius 3 is 2.71 bits per heavy atom. The van der Waals surface area contributed by atoms with Crippen LogP contribution in [0.5, 0.6) is 0 Å². The minimum atomic E-state index is 0.977. The number of thiophene rings is 1. The van der Waals surface area contributed by atoms with Crippen molar-refractivity contribution in [3.63, 3.8) is 0 Å². The maximum atomic E-state index is 3.52. The number of hydrogen-bond donors (Lipinski definition) is 1. The zero-order valence-corrected chi connectivity index (χ0v) is 11.3. The molecule has 0 aromatic carbocycles. The highest BCUT2D eigenvalue weighted by Crippen LogP contribution is 2.25. The van der Waals surface area contributed by atoms with Crippen LogP contribution in [0.4, 0.5) is 0 Å². The summed E-state index contributed by atoms with van der Waals surface area (Å²) in [5.74, 6) is 0. The largest absolute Gasteiger partial charge is 0.311 e. The van der Waals surface area contributed by atoms with Crippen LogP contribution in [-0.4, -0.2) is 32.1 Å². The first kappa shape index (κ1) is 12.2. The van der Waals surface area contributed by atoms with Gasteiger partial charge in [0.15, 0.2) is 0 Å². The highest BCUT2D eigenvalue weighted by atomic mass is 79.9. The van der Waals surface area contributed by atoms with Crippen molar-refractivity contribution in [3.8, 4) is 0 Å². The molecule has 0 spiro atoms. The average molecular weight is 277 g/mol. The monoisotopic (exact) mass is 276 g/mol. The van der Waals surface area contributed by atoms with E-state index < -0.39 is 0 Å². The summed E-state index contributed by atoms with van der Waals surface area (Å²) in [5.41, 5.74) is 0. The molecule has 80 valence electrons. The van der Waals surface area contributed by atoms with E-state index in [2.05, 4.69) is 53.2 Å². The van der Waals surface area contributed by atoms with E-state index in [1.165, 1.54) is 14.2 Å². The molecule has 0 saturated heterocycles. The smallest absolute Gasteiger partial charge is 0.0314 e. The predicted molar refractivity (Wildman–Crippen MR) is 67.0 cm³/mol. The van der Waals surface area contributed by atoms with Crippen molar-refractivity contribution in [2.24, 2.45) is 0 Å². The highest BCUT2D eigenvalue weighted by molar-refractivity contribution is 9.10. The normalized spacial score (nSPS) is 11.2. The van der Waals surface area contributed by atoms with Crippen molar-refractivity contribution in [1.82, 2.24) is 10.2 Å². The second-order valence-electron chi connectivity index (χ2n) is 3.60. The van der Waals surface area contributed by atoms with Gasteiger partial charge < -0.3 is 10.2 Å². The summed E-state index contributed by atoms with van der Waals surface area (Å²) in [5, 5.41) is 3.42. The molecule has 2 nitrogen and oxygen atoms in total. The van der Waals surface area contributed by atoms with Crippen molar-refractivity contribution >= 4 is 27.3 Å². The summed E-state index contributed by atoms with van der Waals surface area (Å²) in [4.78, 5) is 4.94. The lowest BCUT2D eigenvalue weighted by atomic mass is 10.4. The zero-order chi connectivity index (χ0) is 10.6. The van der Waals surface area contributed by atoms with Gasteiger partial charge in [0.1, 0.15) is 0 Å². The van der Waals surface area contributed by atoms with E-state index in [0.29, 0.717) is 0 Å². The molecule has 1 aromatic rings. The van der Waals surface area contributed by atoms with Crippen LogP contribution < -0.4 is 5.32 Å². The molecule has 0 fully saturated rings. The van der Waals surface area contributed by atoms with Crippen LogP contribution in [0.25, 0.3) is 0 Å². The Bertz CT molecular complexity index is 264. The molecule has 1 rings (SSSR count). The number of nitrogens with zero attached hydrogens (tertiary/aromatic N) is 1. The Morgan fingerprint density at radius 1 is 1.50 bits per heavy atom. The summed E-state index contributed by atoms with van der Waals surface area (Å²) >= 11 is 5.37. The molecule has 0 aliphatic heterocycles. The van der Waals surface area contributed by atoms with Gasteiger partial charge in [0.25, 0.3) is 0 Å². The third-order valence-electron chi connectivity index (χ3n) is 1.94. The zero-order valence-electron chi connectivity index (χ0n) is 8.93. The second-order valence-corrected chi connectivity index (χ2v) is 5.79. The van der Waals surface area contributed by atoms with Crippen LogP contribution in [0.1, 0.15) is 9.75 Å². The third kappa shape index (κ3) is 4.09. The van der Waals surface area contributed by atoms with Gasteiger partial charge in [0.2, 0.25) is 0 Å². The summed E-state index contributed by atoms with van der Waals surface area (Å²) in [6.07, 6.45) is 0. The molecule has 0 aliphatic carbocycles. The molecule has 14 heavy (non-hydrogen) atoms. The summed E-state index contributed by atoms with van der Waals surface area (Å²) in [7, 11) is 4.18. The Hall–Kier alpha value is 0.100. The molecule has 0 bridgehead atoms. The summed E-state index contributed by atoms with van der Waals surface area (Å²) in [6.45, 7) is 5.25. The molecule has 4 heteroatoms. The fourth-order valence-corrected chi connectivity index (χ4v) is 2.69. The Balaban J connectivity index is 2.25. The fourth-order valence-electron chi connectivity index (χ4n) is 1.12. The molecule has 0 atom stereocenters. The van der Waals surface area contributed by atoms with Crippen molar-refractivity contribution < 1.29 is 0 Å². The molecule has 0 amide bonds. The number of rotatable bonds is 5. The van der Waals surface area contributed by atoms with Crippen LogP contribution in [0.15, 0.2) is 10.5 Å². The number of nitrogens with one attached hydrogen (secondary N) is 1. The van der Waals surface area contributed by atoms with Gasteiger partial charge >= 0.3 is 0 Å². The predicted octanol–water partition coefficient (Wildman–Crippen LogP) is 2.47. The van der Waals surface area contributed by atoms with Crippen LogP contribution in [0.2, 0.25) is 0 Å². The molecule has 1 N–H and O–H groups in total. The van der Waals surface area contributed by atoms with Gasteiger partial charge in [-0.25, -0.2) is 0 Å². The first-order chi connectivity index (χ1) is 6.59. The molecule has 0 aliphatic rings. The van der Waals surface area contributed by atoms with Crippen LogP contribution >= 0.6 is 27.3 Å². The maximum absolute atomic E-state index is 3.52. The van der Waals surface area contributed by atoms with Crippen molar-refractivity contribution in [2.45, 2.75) is 13.5 Å². The lowest BCUT2D eigenvalue weighted by Crippen LogP contribution is -2.25. The minimum absolute atomic E-state index is 0.977. The number of halogens is 1. The second kappa shape index (κ2) is 5.85. The quantitative estimate of drug-likeness (QED) is 0.832. The summed E-state index contributed by atoms with van der Waals surface area (Å²) in [6, 6.07) is 2.20. The molecule has 0 unspecified atom stereocenters. The maximum Gasteiger partial charge on any atom is 0.0314 e. The molecular formula is C10H17BrN2S. The van der Waals surface area contributed by atoms with Crippen LogP contribution in [-0.2, 0) is 6.54 Å². The van der Waals surface area contributed by atoms with E-state index in [-0.39, 0.29) is 0 Å². The van der Waals surface area contributed by atoms with Gasteiger partial charge in [-0.3, -0.25) is 0 Å². The average Bonchev–Trinajstić information content (AvgIpc) is 2.40. The topological polar surface area (TPSA) is 15.3 Å². The minimum Gasteiger partial charge on any atom is -0.311 e. The lowest BCUT2D eigenvalue weighted by molar-refractivity contribution is 0.400. The highest BCUT2D eigenvalue weighted by Gasteiger charge is 2.01. The Kier molecular flexibility index (Phi) is 5.09. The van der Waals surface area contributed by atoms with Gasteiger partial charge in [-0.15, -0.1) is 11.3 Å². The van der Waals surface area contributed by atoms with Crippen LogP contribution in [0, 0.1) is 6.92 Å². The molecule has 1 aromatic heterocycles. The van der Waals surface area contributed by atoms with Crippen LogP contribution in [0.3, 0.4) is 0 Å². The van der Waals surface area contributed by atoms with Crippen molar-refractivity contribution in [3.05, 3.63) is 20.3 Å². The molecule has 0 radical (unpaired) electrons. The van der Waals surface area contributed by atoms with E-state index in [4.69, 9.17) is 0 Å². The van der Waals surface area contributed by atoms with Crippen molar-refractivity contribution in [1.29, 1.82) is 0 Å². The molecular weight excluding hydrogens is 260 g/mol. The number of likely N-dealkylation sites (N-methyl/N-ethyl adjacent to an activating group) is 1. The van der Waals surface area contributed by atoms with Crippen molar-refractivity contribution in [2.75, 3.05) is 27.2 Å². The first-order valence-electron chi connectivity index (χ1n) is 4.70. The van der Waals surface area contributed by atoms with Gasteiger partial charge in [0.05, 0.1) is 0 Å². The Morgan fingerprint density at radius 2 is 2.21 bits per heavy atom. The number of hydrogen-bond acceptors (Lipinski definition) is 3. The van der Waals surface area contributed by atoms with Gasteiger partial charge in [-0.05, 0) is 43.0 Å². The molecule has 0 saturated carbocycles.